The fraction of sp³-hybridized carbons (Fsp3) is 0.577. The van der Waals surface area contributed by atoms with Crippen LogP contribution >= 0.6 is 0 Å². The van der Waals surface area contributed by atoms with Gasteiger partial charge >= 0.3 is 0 Å². The van der Waals surface area contributed by atoms with Crippen molar-refractivity contribution in [3.8, 4) is 0 Å². The summed E-state index contributed by atoms with van der Waals surface area (Å²) >= 11 is 0. The number of likely N-dealkylation sites (tertiary alicyclic amines) is 1. The molecule has 1 saturated heterocycles. The van der Waals surface area contributed by atoms with Crippen LogP contribution in [0.15, 0.2) is 30.4 Å². The van der Waals surface area contributed by atoms with Crippen LogP contribution in [0, 0.1) is 55.3 Å². The number of allylic oxidation sites excluding steroid dienone is 2. The van der Waals surface area contributed by atoms with Crippen LogP contribution in [0.5, 0.6) is 0 Å². The maximum Gasteiger partial charge on any atom is 0.233 e. The topological polar surface area (TPSA) is 66.5 Å². The van der Waals surface area contributed by atoms with Gasteiger partial charge in [-0.25, -0.2) is 0 Å². The van der Waals surface area contributed by atoms with Gasteiger partial charge in [0.15, 0.2) is 0 Å². The Labute approximate surface area is 183 Å². The average molecular weight is 419 g/mol. The van der Waals surface area contributed by atoms with Crippen LogP contribution in [0.3, 0.4) is 0 Å². The Hall–Kier alpha value is -2.43. The van der Waals surface area contributed by atoms with Crippen molar-refractivity contribution in [2.24, 2.45) is 41.4 Å². The van der Waals surface area contributed by atoms with Crippen LogP contribution in [-0.2, 0) is 14.4 Å². The molecule has 3 saturated carbocycles. The van der Waals surface area contributed by atoms with Crippen molar-refractivity contribution in [3.05, 3.63) is 41.5 Å². The molecule has 4 fully saturated rings. The summed E-state index contributed by atoms with van der Waals surface area (Å²) in [5.41, 5.74) is 3.04. The highest BCUT2D eigenvalue weighted by Gasteiger charge is 2.67. The molecule has 6 atom stereocenters. The first-order valence-electron chi connectivity index (χ1n) is 11.9. The highest BCUT2D eigenvalue weighted by Crippen LogP contribution is 2.65. The van der Waals surface area contributed by atoms with Crippen LogP contribution < -0.4 is 5.32 Å². The third kappa shape index (κ3) is 2.78. The van der Waals surface area contributed by atoms with Crippen molar-refractivity contribution in [1.29, 1.82) is 0 Å². The van der Waals surface area contributed by atoms with Crippen LogP contribution in [0.4, 0.5) is 5.69 Å². The molecule has 0 radical (unpaired) electrons. The third-order valence-corrected chi connectivity index (χ3v) is 8.86. The fourth-order valence-electron chi connectivity index (χ4n) is 7.17. The highest BCUT2D eigenvalue weighted by atomic mass is 16.2. The van der Waals surface area contributed by atoms with E-state index in [0.717, 1.165) is 42.5 Å². The first-order valence-corrected chi connectivity index (χ1v) is 11.9. The average Bonchev–Trinajstić information content (AvgIpc) is 3.54. The molecule has 1 aliphatic heterocycles. The Morgan fingerprint density at radius 1 is 0.903 bits per heavy atom. The number of imide groups is 1. The van der Waals surface area contributed by atoms with Gasteiger partial charge in [-0.3, -0.25) is 19.3 Å². The first kappa shape index (κ1) is 19.3. The van der Waals surface area contributed by atoms with E-state index in [1.165, 1.54) is 6.42 Å². The smallest absolute Gasteiger partial charge is 0.233 e. The zero-order valence-corrected chi connectivity index (χ0v) is 18.2. The lowest BCUT2D eigenvalue weighted by Crippen LogP contribution is -2.44. The van der Waals surface area contributed by atoms with E-state index in [-0.39, 0.29) is 53.4 Å². The molecule has 1 N–H and O–H groups in total. The van der Waals surface area contributed by atoms with Gasteiger partial charge < -0.3 is 5.32 Å². The van der Waals surface area contributed by atoms with E-state index < -0.39 is 0 Å². The molecule has 3 amide bonds. The predicted molar refractivity (Wildman–Crippen MR) is 117 cm³/mol. The largest absolute Gasteiger partial charge is 0.325 e. The summed E-state index contributed by atoms with van der Waals surface area (Å²) in [5, 5.41) is 3.13. The number of para-hydroxylation sites is 1. The Morgan fingerprint density at radius 2 is 1.45 bits per heavy atom. The molecule has 5 heteroatoms. The number of amides is 3. The standard InChI is InChI=1S/C26H30N2O3/c1-13-4-3-5-14(2)23(13)27-24(29)15-6-8-16(9-7-15)28-25(30)21-17-10-11-18(20-12-19(17)20)22(21)26(28)31/h3-5,10-11,15-22H,6-9,12H2,1-2H3,(H,27,29). The summed E-state index contributed by atoms with van der Waals surface area (Å²) in [7, 11) is 0. The number of carbonyl (C=O) groups is 3. The Balaban J connectivity index is 1.12. The van der Waals surface area contributed by atoms with E-state index in [0.29, 0.717) is 11.8 Å². The maximum absolute atomic E-state index is 13.3. The molecule has 0 aromatic heterocycles. The molecule has 2 bridgehead atoms. The first-order chi connectivity index (χ1) is 15.0. The molecular formula is C26H30N2O3. The van der Waals surface area contributed by atoms with Crippen molar-refractivity contribution in [1.82, 2.24) is 4.90 Å². The monoisotopic (exact) mass is 418 g/mol. The van der Waals surface area contributed by atoms with Gasteiger partial charge in [-0.1, -0.05) is 30.4 Å². The van der Waals surface area contributed by atoms with Crippen molar-refractivity contribution < 1.29 is 14.4 Å². The van der Waals surface area contributed by atoms with Crippen LogP contribution in [0.25, 0.3) is 0 Å². The van der Waals surface area contributed by atoms with E-state index in [9.17, 15) is 14.4 Å². The lowest BCUT2D eigenvalue weighted by molar-refractivity contribution is -0.144. The SMILES string of the molecule is Cc1cccc(C)c1NC(=O)C1CCC(N2C(=O)C3C4C=CC(C5CC45)C3C2=O)CC1. The summed E-state index contributed by atoms with van der Waals surface area (Å²) in [6.07, 6.45) is 8.56. The van der Waals surface area contributed by atoms with E-state index in [2.05, 4.69) is 17.5 Å². The normalized spacial score (nSPS) is 40.0. The fourth-order valence-corrected chi connectivity index (χ4v) is 7.17. The number of benzene rings is 1. The third-order valence-electron chi connectivity index (χ3n) is 8.86. The zero-order chi connectivity index (χ0) is 21.4. The van der Waals surface area contributed by atoms with Gasteiger partial charge in [0.25, 0.3) is 0 Å². The summed E-state index contributed by atoms with van der Waals surface area (Å²) in [6, 6.07) is 5.98. The molecule has 6 unspecified atom stereocenters. The minimum atomic E-state index is -0.115. The minimum absolute atomic E-state index is 0.0365. The quantitative estimate of drug-likeness (QED) is 0.599. The number of aryl methyl sites for hydroxylation is 2. The lowest BCUT2D eigenvalue weighted by Gasteiger charge is -2.37. The summed E-state index contributed by atoms with van der Waals surface area (Å²) < 4.78 is 0. The van der Waals surface area contributed by atoms with E-state index in [4.69, 9.17) is 0 Å². The molecule has 162 valence electrons. The van der Waals surface area contributed by atoms with Crippen molar-refractivity contribution in [2.45, 2.75) is 52.0 Å². The zero-order valence-electron chi connectivity index (χ0n) is 18.2. The molecule has 31 heavy (non-hydrogen) atoms. The molecule has 5 nitrogen and oxygen atoms in total. The highest BCUT2D eigenvalue weighted by molar-refractivity contribution is 6.06. The van der Waals surface area contributed by atoms with E-state index >= 15 is 0 Å². The number of hydrogen-bond acceptors (Lipinski definition) is 3. The Bertz CT molecular complexity index is 950. The summed E-state index contributed by atoms with van der Waals surface area (Å²) in [4.78, 5) is 41.2. The van der Waals surface area contributed by atoms with Gasteiger partial charge in [-0.2, -0.15) is 0 Å². The molecule has 0 spiro atoms. The van der Waals surface area contributed by atoms with Gasteiger partial charge in [0.1, 0.15) is 0 Å². The molecule has 6 aliphatic rings. The van der Waals surface area contributed by atoms with Crippen molar-refractivity contribution in [3.63, 3.8) is 0 Å². The molecular weight excluding hydrogens is 388 g/mol. The van der Waals surface area contributed by atoms with Gasteiger partial charge in [0.05, 0.1) is 11.8 Å². The minimum Gasteiger partial charge on any atom is -0.325 e. The molecule has 1 aromatic rings. The van der Waals surface area contributed by atoms with Crippen molar-refractivity contribution >= 4 is 23.4 Å². The number of hydrogen-bond donors (Lipinski definition) is 1. The number of carbonyl (C=O) groups excluding carboxylic acids is 3. The Morgan fingerprint density at radius 3 is 2.00 bits per heavy atom. The number of nitrogens with zero attached hydrogens (tertiary/aromatic N) is 1. The summed E-state index contributed by atoms with van der Waals surface area (Å²) in [6.45, 7) is 4.02. The van der Waals surface area contributed by atoms with Crippen LogP contribution in [-0.4, -0.2) is 28.7 Å². The number of rotatable bonds is 3. The second-order valence-corrected chi connectivity index (χ2v) is 10.5. The maximum atomic E-state index is 13.3. The van der Waals surface area contributed by atoms with E-state index in [1.54, 1.807) is 4.90 Å². The van der Waals surface area contributed by atoms with Crippen molar-refractivity contribution in [2.75, 3.05) is 5.32 Å². The van der Waals surface area contributed by atoms with Gasteiger partial charge in [0.2, 0.25) is 17.7 Å². The van der Waals surface area contributed by atoms with Gasteiger partial charge in [-0.15, -0.1) is 0 Å². The lowest BCUT2D eigenvalue weighted by atomic mass is 9.63. The van der Waals surface area contributed by atoms with Gasteiger partial charge in [-0.05, 0) is 80.8 Å². The molecule has 1 aromatic carbocycles. The van der Waals surface area contributed by atoms with Crippen LogP contribution in [0.1, 0.15) is 43.2 Å². The van der Waals surface area contributed by atoms with Crippen LogP contribution in [0.2, 0.25) is 0 Å². The number of anilines is 1. The Kier molecular flexibility index (Phi) is 4.22. The van der Waals surface area contributed by atoms with Gasteiger partial charge in [0, 0.05) is 17.6 Å². The van der Waals surface area contributed by atoms with E-state index in [1.807, 2.05) is 32.0 Å². The second-order valence-electron chi connectivity index (χ2n) is 10.5. The molecule has 5 aliphatic carbocycles. The number of nitrogens with one attached hydrogen (secondary N) is 1. The molecule has 1 heterocycles. The predicted octanol–water partition coefficient (Wildman–Crippen LogP) is 3.85. The second kappa shape index (κ2) is 6.78. The summed E-state index contributed by atoms with van der Waals surface area (Å²) in [5.74, 6) is 1.75. The molecule has 7 rings (SSSR count).